The van der Waals surface area contributed by atoms with Gasteiger partial charge in [0.15, 0.2) is 0 Å². The summed E-state index contributed by atoms with van der Waals surface area (Å²) in [5.74, 6) is 0. The van der Waals surface area contributed by atoms with Gasteiger partial charge in [0, 0.05) is 19.1 Å². The molecule has 72 valence electrons. The first-order chi connectivity index (χ1) is 5.58. The molecule has 2 unspecified atom stereocenters. The van der Waals surface area contributed by atoms with Crippen molar-refractivity contribution < 1.29 is 5.11 Å². The van der Waals surface area contributed by atoms with Crippen LogP contribution >= 0.6 is 0 Å². The zero-order chi connectivity index (χ0) is 9.19. The minimum Gasteiger partial charge on any atom is -0.388 e. The zero-order valence-electron chi connectivity index (χ0n) is 8.08. The Labute approximate surface area is 74.5 Å². The van der Waals surface area contributed by atoms with Crippen LogP contribution in [0.1, 0.15) is 26.2 Å². The van der Waals surface area contributed by atoms with Gasteiger partial charge in [-0.05, 0) is 19.9 Å². The van der Waals surface area contributed by atoms with Crippen LogP contribution < -0.4 is 5.73 Å². The van der Waals surface area contributed by atoms with Gasteiger partial charge < -0.3 is 15.7 Å². The lowest BCUT2D eigenvalue weighted by molar-refractivity contribution is -0.0402. The predicted octanol–water partition coefficient (Wildman–Crippen LogP) is 0.180. The number of hydrogen-bond donors (Lipinski definition) is 2. The molecule has 3 heteroatoms. The molecule has 12 heavy (non-hydrogen) atoms. The first kappa shape index (κ1) is 9.96. The van der Waals surface area contributed by atoms with E-state index in [0.717, 1.165) is 32.4 Å². The van der Waals surface area contributed by atoms with Gasteiger partial charge in [-0.2, -0.15) is 0 Å². The van der Waals surface area contributed by atoms with Gasteiger partial charge in [0.25, 0.3) is 0 Å². The number of likely N-dealkylation sites (N-methyl/N-ethyl adjacent to an activating group) is 1. The molecule has 1 heterocycles. The molecular formula is C9H20N2O. The van der Waals surface area contributed by atoms with E-state index >= 15 is 0 Å². The maximum absolute atomic E-state index is 10.1. The van der Waals surface area contributed by atoms with Gasteiger partial charge in [0.1, 0.15) is 0 Å². The van der Waals surface area contributed by atoms with Crippen molar-refractivity contribution in [3.63, 3.8) is 0 Å². The number of aliphatic hydroxyl groups is 1. The lowest BCUT2D eigenvalue weighted by atomic mass is 9.83. The molecule has 0 radical (unpaired) electrons. The highest BCUT2D eigenvalue weighted by atomic mass is 16.3. The highest BCUT2D eigenvalue weighted by Gasteiger charge is 2.37. The minimum atomic E-state index is -0.596. The topological polar surface area (TPSA) is 49.5 Å². The second kappa shape index (κ2) is 3.73. The molecule has 3 nitrogen and oxygen atoms in total. The average Bonchev–Trinajstić information content (AvgIpc) is 1.99. The van der Waals surface area contributed by atoms with Gasteiger partial charge in [0.05, 0.1) is 5.60 Å². The average molecular weight is 172 g/mol. The second-order valence-electron chi connectivity index (χ2n) is 3.97. The van der Waals surface area contributed by atoms with E-state index in [1.165, 1.54) is 0 Å². The van der Waals surface area contributed by atoms with Crippen molar-refractivity contribution in [2.24, 2.45) is 5.73 Å². The van der Waals surface area contributed by atoms with Crippen molar-refractivity contribution in [1.29, 1.82) is 0 Å². The van der Waals surface area contributed by atoms with E-state index in [9.17, 15) is 5.11 Å². The Morgan fingerprint density at radius 3 is 2.83 bits per heavy atom. The number of rotatable bonds is 2. The molecule has 0 aliphatic carbocycles. The monoisotopic (exact) mass is 172 g/mol. The SMILES string of the molecule is CCCC1(O)CCN(C)CC1N. The Kier molecular flexibility index (Phi) is 3.09. The van der Waals surface area contributed by atoms with Crippen molar-refractivity contribution in [1.82, 2.24) is 4.90 Å². The third-order valence-corrected chi connectivity index (χ3v) is 2.81. The molecule has 0 aromatic rings. The largest absolute Gasteiger partial charge is 0.388 e. The summed E-state index contributed by atoms with van der Waals surface area (Å²) in [4.78, 5) is 2.18. The smallest absolute Gasteiger partial charge is 0.0822 e. The number of nitrogens with two attached hydrogens (primary N) is 1. The molecule has 1 aliphatic heterocycles. The van der Waals surface area contributed by atoms with Gasteiger partial charge in [-0.15, -0.1) is 0 Å². The van der Waals surface area contributed by atoms with Crippen LogP contribution in [0.15, 0.2) is 0 Å². The number of piperidine rings is 1. The summed E-state index contributed by atoms with van der Waals surface area (Å²) in [6.45, 7) is 3.86. The van der Waals surface area contributed by atoms with Crippen LogP contribution in [0.3, 0.4) is 0 Å². The van der Waals surface area contributed by atoms with Crippen molar-refractivity contribution in [3.05, 3.63) is 0 Å². The van der Waals surface area contributed by atoms with Gasteiger partial charge >= 0.3 is 0 Å². The lowest BCUT2D eigenvalue weighted by Crippen LogP contribution is -2.58. The zero-order valence-corrected chi connectivity index (χ0v) is 8.08. The summed E-state index contributed by atoms with van der Waals surface area (Å²) in [6, 6.07) is -0.0730. The van der Waals surface area contributed by atoms with E-state index in [0.29, 0.717) is 0 Å². The molecule has 1 aliphatic rings. The molecule has 1 fully saturated rings. The summed E-state index contributed by atoms with van der Waals surface area (Å²) in [5, 5.41) is 10.1. The molecule has 0 aromatic carbocycles. The van der Waals surface area contributed by atoms with Crippen LogP contribution in [-0.2, 0) is 0 Å². The van der Waals surface area contributed by atoms with Crippen LogP contribution in [0.2, 0.25) is 0 Å². The molecule has 0 spiro atoms. The molecule has 0 aromatic heterocycles. The Balaban J connectivity index is 2.53. The first-order valence-electron chi connectivity index (χ1n) is 4.75. The summed E-state index contributed by atoms with van der Waals surface area (Å²) >= 11 is 0. The Morgan fingerprint density at radius 2 is 2.33 bits per heavy atom. The number of hydrogen-bond acceptors (Lipinski definition) is 3. The first-order valence-corrected chi connectivity index (χ1v) is 4.75. The summed E-state index contributed by atoms with van der Waals surface area (Å²) in [6.07, 6.45) is 2.66. The third kappa shape index (κ3) is 1.97. The third-order valence-electron chi connectivity index (χ3n) is 2.81. The Bertz CT molecular complexity index is 151. The van der Waals surface area contributed by atoms with Crippen molar-refractivity contribution in [3.8, 4) is 0 Å². The normalized spacial score (nSPS) is 38.5. The molecule has 2 atom stereocenters. The predicted molar refractivity (Wildman–Crippen MR) is 49.9 cm³/mol. The molecule has 0 bridgehead atoms. The van der Waals surface area contributed by atoms with Crippen molar-refractivity contribution >= 4 is 0 Å². The number of nitrogens with zero attached hydrogens (tertiary/aromatic N) is 1. The molecular weight excluding hydrogens is 152 g/mol. The summed E-state index contributed by atoms with van der Waals surface area (Å²) in [5.41, 5.74) is 5.30. The minimum absolute atomic E-state index is 0.0730. The molecule has 1 saturated heterocycles. The fraction of sp³-hybridized carbons (Fsp3) is 1.00. The van der Waals surface area contributed by atoms with Crippen LogP contribution in [0.25, 0.3) is 0 Å². The Hall–Kier alpha value is -0.120. The van der Waals surface area contributed by atoms with Gasteiger partial charge in [-0.3, -0.25) is 0 Å². The van der Waals surface area contributed by atoms with E-state index in [1.807, 2.05) is 7.05 Å². The number of likely N-dealkylation sites (tertiary alicyclic amines) is 1. The molecule has 3 N–H and O–H groups in total. The van der Waals surface area contributed by atoms with Gasteiger partial charge in [-0.1, -0.05) is 13.3 Å². The van der Waals surface area contributed by atoms with Crippen LogP contribution in [0, 0.1) is 0 Å². The quantitative estimate of drug-likeness (QED) is 0.625. The highest BCUT2D eigenvalue weighted by Crippen LogP contribution is 2.25. The Morgan fingerprint density at radius 1 is 1.67 bits per heavy atom. The van der Waals surface area contributed by atoms with Gasteiger partial charge in [0.2, 0.25) is 0 Å². The van der Waals surface area contributed by atoms with Crippen LogP contribution in [0.4, 0.5) is 0 Å². The fourth-order valence-electron chi connectivity index (χ4n) is 1.91. The maximum Gasteiger partial charge on any atom is 0.0822 e. The lowest BCUT2D eigenvalue weighted by Gasteiger charge is -2.41. The van der Waals surface area contributed by atoms with E-state index in [1.54, 1.807) is 0 Å². The fourth-order valence-corrected chi connectivity index (χ4v) is 1.91. The van der Waals surface area contributed by atoms with Crippen molar-refractivity contribution in [2.75, 3.05) is 20.1 Å². The summed E-state index contributed by atoms with van der Waals surface area (Å²) in [7, 11) is 2.05. The summed E-state index contributed by atoms with van der Waals surface area (Å²) < 4.78 is 0. The van der Waals surface area contributed by atoms with Gasteiger partial charge in [-0.25, -0.2) is 0 Å². The molecule has 0 amide bonds. The van der Waals surface area contributed by atoms with Crippen LogP contribution in [-0.4, -0.2) is 41.8 Å². The standard InChI is InChI=1S/C9H20N2O/c1-3-4-9(12)5-6-11(2)7-8(9)10/h8,12H,3-7,10H2,1-2H3. The van der Waals surface area contributed by atoms with Crippen LogP contribution in [0.5, 0.6) is 0 Å². The van der Waals surface area contributed by atoms with E-state index in [4.69, 9.17) is 5.73 Å². The molecule has 1 rings (SSSR count). The highest BCUT2D eigenvalue weighted by molar-refractivity contribution is 4.94. The van der Waals surface area contributed by atoms with Crippen molar-refractivity contribution in [2.45, 2.75) is 37.8 Å². The van der Waals surface area contributed by atoms with E-state index in [-0.39, 0.29) is 6.04 Å². The van der Waals surface area contributed by atoms with E-state index in [2.05, 4.69) is 11.8 Å². The maximum atomic E-state index is 10.1. The molecule has 0 saturated carbocycles. The second-order valence-corrected chi connectivity index (χ2v) is 3.97. The van der Waals surface area contributed by atoms with E-state index < -0.39 is 5.60 Å².